The van der Waals surface area contributed by atoms with Gasteiger partial charge in [-0.25, -0.2) is 4.79 Å². The summed E-state index contributed by atoms with van der Waals surface area (Å²) in [7, 11) is 3.77. The second kappa shape index (κ2) is 6.10. The number of rotatable bonds is 4. The third kappa shape index (κ3) is 4.07. The normalized spacial score (nSPS) is 10.6. The molecule has 0 unspecified atom stereocenters. The standard InChI is InChI=1S/C11H14Cl2N2O2/c1-15(2)3-4-17-11(16)8-5-7(12)6-9(14)10(8)13/h5-6H,3-4,14H2,1-2H3. The average Bonchev–Trinajstić information content (AvgIpc) is 2.22. The van der Waals surface area contributed by atoms with Crippen LogP contribution in [-0.2, 0) is 4.74 Å². The summed E-state index contributed by atoms with van der Waals surface area (Å²) in [4.78, 5) is 13.6. The SMILES string of the molecule is CN(C)CCOC(=O)c1cc(Cl)cc(N)c1Cl. The van der Waals surface area contributed by atoms with Crippen LogP contribution in [0.5, 0.6) is 0 Å². The fraction of sp³-hybridized carbons (Fsp3) is 0.364. The van der Waals surface area contributed by atoms with Gasteiger partial charge >= 0.3 is 5.97 Å². The topological polar surface area (TPSA) is 55.6 Å². The van der Waals surface area contributed by atoms with Crippen LogP contribution in [0.4, 0.5) is 5.69 Å². The Hall–Kier alpha value is -0.970. The molecular weight excluding hydrogens is 263 g/mol. The summed E-state index contributed by atoms with van der Waals surface area (Å²) in [5.41, 5.74) is 6.06. The van der Waals surface area contributed by atoms with Gasteiger partial charge in [0.2, 0.25) is 0 Å². The number of hydrogen-bond acceptors (Lipinski definition) is 4. The smallest absolute Gasteiger partial charge is 0.339 e. The zero-order valence-corrected chi connectivity index (χ0v) is 11.2. The molecule has 94 valence electrons. The zero-order valence-electron chi connectivity index (χ0n) is 9.67. The van der Waals surface area contributed by atoms with Gasteiger partial charge in [-0.1, -0.05) is 23.2 Å². The Morgan fingerprint density at radius 1 is 1.41 bits per heavy atom. The lowest BCUT2D eigenvalue weighted by Crippen LogP contribution is -2.20. The number of esters is 1. The molecule has 1 aromatic carbocycles. The highest BCUT2D eigenvalue weighted by Crippen LogP contribution is 2.28. The van der Waals surface area contributed by atoms with E-state index >= 15 is 0 Å². The van der Waals surface area contributed by atoms with Crippen molar-refractivity contribution in [2.45, 2.75) is 0 Å². The number of likely N-dealkylation sites (N-methyl/N-ethyl adjacent to an activating group) is 1. The quantitative estimate of drug-likeness (QED) is 0.677. The second-order valence-electron chi connectivity index (χ2n) is 3.80. The third-order valence-electron chi connectivity index (χ3n) is 2.06. The van der Waals surface area contributed by atoms with E-state index in [4.69, 9.17) is 33.7 Å². The molecule has 0 spiro atoms. The minimum Gasteiger partial charge on any atom is -0.461 e. The maximum atomic E-state index is 11.7. The molecule has 0 radical (unpaired) electrons. The molecule has 0 aliphatic rings. The van der Waals surface area contributed by atoms with Crippen LogP contribution in [0.3, 0.4) is 0 Å². The van der Waals surface area contributed by atoms with Crippen molar-refractivity contribution in [2.75, 3.05) is 33.0 Å². The monoisotopic (exact) mass is 276 g/mol. The van der Waals surface area contributed by atoms with Gasteiger partial charge in [0.05, 0.1) is 16.3 Å². The molecule has 4 nitrogen and oxygen atoms in total. The van der Waals surface area contributed by atoms with Crippen LogP contribution in [-0.4, -0.2) is 38.1 Å². The van der Waals surface area contributed by atoms with Crippen LogP contribution >= 0.6 is 23.2 Å². The average molecular weight is 277 g/mol. The molecule has 1 aromatic rings. The van der Waals surface area contributed by atoms with Crippen molar-refractivity contribution in [1.82, 2.24) is 4.90 Å². The van der Waals surface area contributed by atoms with Gasteiger partial charge in [0.15, 0.2) is 0 Å². The van der Waals surface area contributed by atoms with E-state index in [2.05, 4.69) is 0 Å². The molecule has 2 N–H and O–H groups in total. The largest absolute Gasteiger partial charge is 0.461 e. The fourth-order valence-electron chi connectivity index (χ4n) is 1.16. The second-order valence-corrected chi connectivity index (χ2v) is 4.61. The van der Waals surface area contributed by atoms with E-state index in [1.165, 1.54) is 12.1 Å². The predicted molar refractivity (Wildman–Crippen MR) is 69.7 cm³/mol. The number of nitrogens with two attached hydrogens (primary N) is 1. The Morgan fingerprint density at radius 2 is 2.06 bits per heavy atom. The highest BCUT2D eigenvalue weighted by atomic mass is 35.5. The minimum atomic E-state index is -0.522. The van der Waals surface area contributed by atoms with Crippen molar-refractivity contribution in [1.29, 1.82) is 0 Å². The molecule has 0 fully saturated rings. The Morgan fingerprint density at radius 3 is 2.65 bits per heavy atom. The highest BCUT2D eigenvalue weighted by molar-refractivity contribution is 6.37. The van der Waals surface area contributed by atoms with Crippen LogP contribution in [0, 0.1) is 0 Å². The summed E-state index contributed by atoms with van der Waals surface area (Å²) in [6.45, 7) is 0.925. The molecular formula is C11H14Cl2N2O2. The molecule has 0 atom stereocenters. The summed E-state index contributed by atoms with van der Waals surface area (Å²) >= 11 is 11.7. The van der Waals surface area contributed by atoms with E-state index in [1.807, 2.05) is 19.0 Å². The van der Waals surface area contributed by atoms with E-state index in [9.17, 15) is 4.79 Å². The van der Waals surface area contributed by atoms with Crippen molar-refractivity contribution < 1.29 is 9.53 Å². The van der Waals surface area contributed by atoms with Gasteiger partial charge in [-0.3, -0.25) is 0 Å². The Balaban J connectivity index is 2.75. The van der Waals surface area contributed by atoms with Gasteiger partial charge in [0.25, 0.3) is 0 Å². The summed E-state index contributed by atoms with van der Waals surface area (Å²) < 4.78 is 5.05. The molecule has 0 amide bonds. The lowest BCUT2D eigenvalue weighted by Gasteiger charge is -2.11. The van der Waals surface area contributed by atoms with E-state index < -0.39 is 5.97 Å². The van der Waals surface area contributed by atoms with Crippen molar-refractivity contribution >= 4 is 34.9 Å². The molecule has 17 heavy (non-hydrogen) atoms. The van der Waals surface area contributed by atoms with Gasteiger partial charge < -0.3 is 15.4 Å². The Kier molecular flexibility index (Phi) is 5.05. The number of ether oxygens (including phenoxy) is 1. The fourth-order valence-corrected chi connectivity index (χ4v) is 1.57. The first kappa shape index (κ1) is 14.1. The van der Waals surface area contributed by atoms with Gasteiger partial charge in [0, 0.05) is 11.6 Å². The molecule has 0 heterocycles. The molecule has 1 rings (SSSR count). The molecule has 6 heteroatoms. The number of hydrogen-bond donors (Lipinski definition) is 1. The van der Waals surface area contributed by atoms with Crippen LogP contribution in [0.25, 0.3) is 0 Å². The van der Waals surface area contributed by atoms with Crippen LogP contribution in [0.15, 0.2) is 12.1 Å². The van der Waals surface area contributed by atoms with Crippen molar-refractivity contribution in [3.63, 3.8) is 0 Å². The Bertz CT molecular complexity index is 422. The maximum absolute atomic E-state index is 11.7. The van der Waals surface area contributed by atoms with Gasteiger partial charge in [-0.15, -0.1) is 0 Å². The molecule has 0 aliphatic heterocycles. The van der Waals surface area contributed by atoms with Crippen molar-refractivity contribution in [2.24, 2.45) is 0 Å². The summed E-state index contributed by atoms with van der Waals surface area (Å²) in [5.74, 6) is -0.522. The number of anilines is 1. The zero-order chi connectivity index (χ0) is 13.0. The number of nitrogen functional groups attached to an aromatic ring is 1. The first-order valence-corrected chi connectivity index (χ1v) is 5.73. The number of benzene rings is 1. The first-order valence-electron chi connectivity index (χ1n) is 4.98. The highest BCUT2D eigenvalue weighted by Gasteiger charge is 2.15. The van der Waals surface area contributed by atoms with E-state index in [0.717, 1.165) is 0 Å². The summed E-state index contributed by atoms with van der Waals surface area (Å²) in [6, 6.07) is 2.93. The number of halogens is 2. The number of carbonyl (C=O) groups is 1. The van der Waals surface area contributed by atoms with Crippen LogP contribution in [0.2, 0.25) is 10.0 Å². The van der Waals surface area contributed by atoms with E-state index in [-0.39, 0.29) is 22.9 Å². The molecule has 0 saturated carbocycles. The summed E-state index contributed by atoms with van der Waals surface area (Å²) in [6.07, 6.45) is 0. The van der Waals surface area contributed by atoms with Crippen molar-refractivity contribution in [3.8, 4) is 0 Å². The third-order valence-corrected chi connectivity index (χ3v) is 2.70. The van der Waals surface area contributed by atoms with E-state index in [1.54, 1.807) is 0 Å². The molecule has 0 bridgehead atoms. The molecule has 0 aromatic heterocycles. The maximum Gasteiger partial charge on any atom is 0.339 e. The minimum absolute atomic E-state index is 0.171. The number of nitrogens with zero attached hydrogens (tertiary/aromatic N) is 1. The lowest BCUT2D eigenvalue weighted by atomic mass is 10.2. The van der Waals surface area contributed by atoms with Gasteiger partial charge in [-0.05, 0) is 26.2 Å². The molecule has 0 saturated heterocycles. The Labute approximate surface area is 110 Å². The molecule has 0 aliphatic carbocycles. The van der Waals surface area contributed by atoms with Gasteiger partial charge in [-0.2, -0.15) is 0 Å². The van der Waals surface area contributed by atoms with Gasteiger partial charge in [0.1, 0.15) is 6.61 Å². The predicted octanol–water partition coefficient (Wildman–Crippen LogP) is 2.29. The number of carbonyl (C=O) groups excluding carboxylic acids is 1. The van der Waals surface area contributed by atoms with Crippen LogP contribution in [0.1, 0.15) is 10.4 Å². The first-order chi connectivity index (χ1) is 7.91. The lowest BCUT2D eigenvalue weighted by molar-refractivity contribution is 0.0482. The summed E-state index contributed by atoms with van der Waals surface area (Å²) in [5, 5.41) is 0.524. The van der Waals surface area contributed by atoms with Crippen LogP contribution < -0.4 is 5.73 Å². The van der Waals surface area contributed by atoms with E-state index in [0.29, 0.717) is 11.6 Å². The van der Waals surface area contributed by atoms with Crippen molar-refractivity contribution in [3.05, 3.63) is 27.7 Å².